The average molecular weight is 335 g/mol. The summed E-state index contributed by atoms with van der Waals surface area (Å²) in [5.41, 5.74) is 8.07. The second-order valence-corrected chi connectivity index (χ2v) is 6.44. The van der Waals surface area contributed by atoms with Gasteiger partial charge in [-0.25, -0.2) is 4.68 Å². The standard InChI is InChI=1S/C17H23ClN4O/c1-11(2)16-15(17(23)20-9-8-12(3)19)10-21-22(16)14-6-4-13(18)5-7-14/h4-7,10-12H,8-9,19H2,1-3H3,(H,20,23). The minimum Gasteiger partial charge on any atom is -0.352 e. The van der Waals surface area contributed by atoms with Crippen LogP contribution in [-0.2, 0) is 0 Å². The summed E-state index contributed by atoms with van der Waals surface area (Å²) in [7, 11) is 0. The molecule has 0 bridgehead atoms. The number of nitrogens with two attached hydrogens (primary N) is 1. The van der Waals surface area contributed by atoms with Crippen molar-refractivity contribution >= 4 is 17.5 Å². The fourth-order valence-corrected chi connectivity index (χ4v) is 2.51. The summed E-state index contributed by atoms with van der Waals surface area (Å²) in [6.45, 7) is 6.56. The molecule has 0 aliphatic carbocycles. The number of carbonyl (C=O) groups is 1. The van der Waals surface area contributed by atoms with Crippen LogP contribution in [0.3, 0.4) is 0 Å². The predicted octanol–water partition coefficient (Wildman–Crippen LogP) is 3.12. The Balaban J connectivity index is 2.28. The number of hydrogen-bond acceptors (Lipinski definition) is 3. The van der Waals surface area contributed by atoms with E-state index in [-0.39, 0.29) is 17.9 Å². The Bertz CT molecular complexity index is 662. The van der Waals surface area contributed by atoms with Gasteiger partial charge in [-0.05, 0) is 43.5 Å². The van der Waals surface area contributed by atoms with E-state index in [1.807, 2.05) is 45.0 Å². The molecule has 0 aliphatic heterocycles. The zero-order valence-electron chi connectivity index (χ0n) is 13.7. The average Bonchev–Trinajstić information content (AvgIpc) is 2.92. The van der Waals surface area contributed by atoms with E-state index in [2.05, 4.69) is 10.4 Å². The third-order valence-electron chi connectivity index (χ3n) is 3.55. The Morgan fingerprint density at radius 3 is 2.52 bits per heavy atom. The van der Waals surface area contributed by atoms with Crippen molar-refractivity contribution in [3.05, 3.63) is 46.7 Å². The first-order chi connectivity index (χ1) is 10.9. The molecular weight excluding hydrogens is 312 g/mol. The molecule has 1 unspecified atom stereocenters. The van der Waals surface area contributed by atoms with Crippen LogP contribution >= 0.6 is 11.6 Å². The van der Waals surface area contributed by atoms with Crippen molar-refractivity contribution in [1.29, 1.82) is 0 Å². The van der Waals surface area contributed by atoms with Gasteiger partial charge in [-0.2, -0.15) is 5.10 Å². The first-order valence-corrected chi connectivity index (χ1v) is 8.15. The molecule has 2 rings (SSSR count). The first kappa shape index (κ1) is 17.5. The Morgan fingerprint density at radius 1 is 1.30 bits per heavy atom. The molecule has 0 aliphatic rings. The van der Waals surface area contributed by atoms with E-state index in [0.717, 1.165) is 17.8 Å². The molecule has 0 radical (unpaired) electrons. The lowest BCUT2D eigenvalue weighted by atomic mass is 10.0. The van der Waals surface area contributed by atoms with Crippen LogP contribution in [0.4, 0.5) is 0 Å². The van der Waals surface area contributed by atoms with Crippen LogP contribution in [0.2, 0.25) is 5.02 Å². The fraction of sp³-hybridized carbons (Fsp3) is 0.412. The summed E-state index contributed by atoms with van der Waals surface area (Å²) in [5, 5.41) is 7.96. The lowest BCUT2D eigenvalue weighted by Crippen LogP contribution is -2.29. The lowest BCUT2D eigenvalue weighted by Gasteiger charge is -2.13. The highest BCUT2D eigenvalue weighted by Crippen LogP contribution is 2.23. The lowest BCUT2D eigenvalue weighted by molar-refractivity contribution is 0.0951. The van der Waals surface area contributed by atoms with E-state index < -0.39 is 0 Å². The molecule has 1 amide bonds. The molecular formula is C17H23ClN4O. The molecule has 1 atom stereocenters. The van der Waals surface area contributed by atoms with Gasteiger partial charge >= 0.3 is 0 Å². The van der Waals surface area contributed by atoms with Gasteiger partial charge in [0.05, 0.1) is 23.1 Å². The maximum atomic E-state index is 12.4. The molecule has 23 heavy (non-hydrogen) atoms. The van der Waals surface area contributed by atoms with E-state index in [0.29, 0.717) is 17.1 Å². The number of benzene rings is 1. The monoisotopic (exact) mass is 334 g/mol. The molecule has 1 aromatic carbocycles. The van der Waals surface area contributed by atoms with Crippen molar-refractivity contribution in [1.82, 2.24) is 15.1 Å². The number of nitrogens with zero attached hydrogens (tertiary/aromatic N) is 2. The second-order valence-electron chi connectivity index (χ2n) is 6.01. The zero-order valence-corrected chi connectivity index (χ0v) is 14.5. The maximum Gasteiger partial charge on any atom is 0.254 e. The molecule has 5 nitrogen and oxygen atoms in total. The SMILES string of the molecule is CC(N)CCNC(=O)c1cnn(-c2ccc(Cl)cc2)c1C(C)C. The molecule has 124 valence electrons. The molecule has 0 saturated carbocycles. The molecule has 0 fully saturated rings. The van der Waals surface area contributed by atoms with Crippen molar-refractivity contribution in [2.75, 3.05) is 6.54 Å². The number of halogens is 1. The van der Waals surface area contributed by atoms with Gasteiger partial charge in [-0.15, -0.1) is 0 Å². The molecule has 1 heterocycles. The molecule has 6 heteroatoms. The number of nitrogens with one attached hydrogen (secondary N) is 1. The molecule has 3 N–H and O–H groups in total. The summed E-state index contributed by atoms with van der Waals surface area (Å²) in [6.07, 6.45) is 2.36. The van der Waals surface area contributed by atoms with Gasteiger partial charge in [0, 0.05) is 17.6 Å². The van der Waals surface area contributed by atoms with Gasteiger partial charge in [0.25, 0.3) is 5.91 Å². The predicted molar refractivity (Wildman–Crippen MR) is 93.3 cm³/mol. The summed E-state index contributed by atoms with van der Waals surface area (Å²) < 4.78 is 1.79. The van der Waals surface area contributed by atoms with Crippen LogP contribution in [0.1, 0.15) is 49.2 Å². The summed E-state index contributed by atoms with van der Waals surface area (Å²) >= 11 is 5.94. The number of hydrogen-bond donors (Lipinski definition) is 2. The van der Waals surface area contributed by atoms with Gasteiger partial charge in [0.2, 0.25) is 0 Å². The quantitative estimate of drug-likeness (QED) is 0.852. The minimum atomic E-state index is -0.116. The van der Waals surface area contributed by atoms with E-state index in [4.69, 9.17) is 17.3 Å². The highest BCUT2D eigenvalue weighted by molar-refractivity contribution is 6.30. The van der Waals surface area contributed by atoms with Crippen molar-refractivity contribution in [3.63, 3.8) is 0 Å². The molecule has 0 spiro atoms. The van der Waals surface area contributed by atoms with Crippen molar-refractivity contribution < 1.29 is 4.79 Å². The van der Waals surface area contributed by atoms with Gasteiger partial charge in [0.1, 0.15) is 0 Å². The van der Waals surface area contributed by atoms with Gasteiger partial charge in [-0.3, -0.25) is 4.79 Å². The minimum absolute atomic E-state index is 0.0664. The molecule has 2 aromatic rings. The van der Waals surface area contributed by atoms with Crippen molar-refractivity contribution in [2.45, 2.75) is 39.2 Å². The number of carbonyl (C=O) groups excluding carboxylic acids is 1. The smallest absolute Gasteiger partial charge is 0.254 e. The second kappa shape index (κ2) is 7.62. The number of rotatable bonds is 6. The number of amides is 1. The van der Waals surface area contributed by atoms with Gasteiger partial charge in [0.15, 0.2) is 0 Å². The third-order valence-corrected chi connectivity index (χ3v) is 3.81. The third kappa shape index (κ3) is 4.33. The zero-order chi connectivity index (χ0) is 17.0. The van der Waals surface area contributed by atoms with Crippen LogP contribution in [0.15, 0.2) is 30.5 Å². The molecule has 0 saturated heterocycles. The van der Waals surface area contributed by atoms with Gasteiger partial charge in [-0.1, -0.05) is 25.4 Å². The largest absolute Gasteiger partial charge is 0.352 e. The van der Waals surface area contributed by atoms with Crippen LogP contribution in [0.25, 0.3) is 5.69 Å². The summed E-state index contributed by atoms with van der Waals surface area (Å²) in [6, 6.07) is 7.46. The highest BCUT2D eigenvalue weighted by atomic mass is 35.5. The van der Waals surface area contributed by atoms with E-state index >= 15 is 0 Å². The Morgan fingerprint density at radius 2 is 1.96 bits per heavy atom. The Kier molecular flexibility index (Phi) is 5.80. The highest BCUT2D eigenvalue weighted by Gasteiger charge is 2.20. The van der Waals surface area contributed by atoms with Crippen LogP contribution in [0, 0.1) is 0 Å². The summed E-state index contributed by atoms with van der Waals surface area (Å²) in [5.74, 6) is 0.0388. The normalized spacial score (nSPS) is 12.4. The van der Waals surface area contributed by atoms with Gasteiger partial charge < -0.3 is 11.1 Å². The van der Waals surface area contributed by atoms with Crippen molar-refractivity contribution in [2.24, 2.45) is 5.73 Å². The van der Waals surface area contributed by atoms with Crippen LogP contribution in [0.5, 0.6) is 0 Å². The topological polar surface area (TPSA) is 72.9 Å². The Labute approximate surface area is 141 Å². The van der Waals surface area contributed by atoms with E-state index in [1.54, 1.807) is 10.9 Å². The number of aromatic nitrogens is 2. The van der Waals surface area contributed by atoms with Crippen LogP contribution in [-0.4, -0.2) is 28.3 Å². The fourth-order valence-electron chi connectivity index (χ4n) is 2.39. The summed E-state index contributed by atoms with van der Waals surface area (Å²) in [4.78, 5) is 12.4. The Hall–Kier alpha value is -1.85. The molecule has 1 aromatic heterocycles. The maximum absolute atomic E-state index is 12.4. The van der Waals surface area contributed by atoms with Crippen LogP contribution < -0.4 is 11.1 Å². The van der Waals surface area contributed by atoms with E-state index in [1.165, 1.54) is 0 Å². The van der Waals surface area contributed by atoms with E-state index in [9.17, 15) is 4.79 Å². The van der Waals surface area contributed by atoms with Crippen molar-refractivity contribution in [3.8, 4) is 5.69 Å². The first-order valence-electron chi connectivity index (χ1n) is 7.77.